The van der Waals surface area contributed by atoms with Gasteiger partial charge in [-0.05, 0) is 56.2 Å². The Morgan fingerprint density at radius 2 is 1.78 bits per heavy atom. The van der Waals surface area contributed by atoms with Crippen molar-refractivity contribution in [2.75, 3.05) is 58.4 Å². The number of carbonyl (C=O) groups excluding carboxylic acids is 1. The first kappa shape index (κ1) is 25.6. The number of nitrogens with zero attached hydrogens (tertiary/aromatic N) is 4. The lowest BCUT2D eigenvalue weighted by molar-refractivity contribution is -0.0271. The van der Waals surface area contributed by atoms with Gasteiger partial charge in [-0.25, -0.2) is 22.2 Å². The van der Waals surface area contributed by atoms with Crippen molar-refractivity contribution in [2.45, 2.75) is 38.5 Å². The second-order valence-electron chi connectivity index (χ2n) is 10.2. The quantitative estimate of drug-likeness (QED) is 0.470. The molecule has 1 aromatic carbocycles. The van der Waals surface area contributed by atoms with Gasteiger partial charge in [-0.3, -0.25) is 9.52 Å². The maximum Gasteiger partial charge on any atom is 0.282 e. The zero-order valence-corrected chi connectivity index (χ0v) is 21.3. The summed E-state index contributed by atoms with van der Waals surface area (Å²) in [6.45, 7) is 1.72. The molecule has 2 aliphatic heterocycles. The number of anilines is 4. The molecule has 1 aromatic heterocycles. The number of rotatable bonds is 8. The van der Waals surface area contributed by atoms with Gasteiger partial charge in [0.2, 0.25) is 16.0 Å². The van der Waals surface area contributed by atoms with Crippen molar-refractivity contribution in [1.29, 1.82) is 0 Å². The number of aliphatic hydroxyl groups is 1. The minimum Gasteiger partial charge on any atom is -0.395 e. The molecule has 2 saturated heterocycles. The van der Waals surface area contributed by atoms with Crippen molar-refractivity contribution >= 4 is 39.1 Å². The number of nitrogens with one attached hydrogen (secondary N) is 2. The van der Waals surface area contributed by atoms with Gasteiger partial charge < -0.3 is 20.2 Å². The third kappa shape index (κ3) is 5.77. The summed E-state index contributed by atoms with van der Waals surface area (Å²) in [4.78, 5) is 25.3. The molecule has 13 heteroatoms. The van der Waals surface area contributed by atoms with Crippen LogP contribution in [0.4, 0.5) is 31.9 Å². The third-order valence-electron chi connectivity index (χ3n) is 7.21. The Morgan fingerprint density at radius 1 is 1.08 bits per heavy atom. The molecular formula is C24H30F2N6O4S. The first-order valence-electron chi connectivity index (χ1n) is 12.3. The molecular weight excluding hydrogens is 506 g/mol. The lowest BCUT2D eigenvalue weighted by Gasteiger charge is -2.38. The van der Waals surface area contributed by atoms with Crippen molar-refractivity contribution in [3.63, 3.8) is 0 Å². The molecule has 10 nitrogen and oxygen atoms in total. The van der Waals surface area contributed by atoms with Crippen LogP contribution in [0.1, 0.15) is 41.7 Å². The highest BCUT2D eigenvalue weighted by Gasteiger charge is 2.46. The highest BCUT2D eigenvalue weighted by atomic mass is 32.2. The van der Waals surface area contributed by atoms with Gasteiger partial charge in [0.1, 0.15) is 5.82 Å². The van der Waals surface area contributed by atoms with Gasteiger partial charge in [-0.1, -0.05) is 0 Å². The van der Waals surface area contributed by atoms with Crippen LogP contribution in [0.5, 0.6) is 0 Å². The van der Waals surface area contributed by atoms with Gasteiger partial charge in [0, 0.05) is 24.8 Å². The number of benzene rings is 1. The number of hydrogen-bond acceptors (Lipinski definition) is 8. The Morgan fingerprint density at radius 3 is 2.41 bits per heavy atom. The monoisotopic (exact) mass is 536 g/mol. The first-order valence-corrected chi connectivity index (χ1v) is 13.9. The van der Waals surface area contributed by atoms with Crippen LogP contribution in [0.2, 0.25) is 0 Å². The smallest absolute Gasteiger partial charge is 0.282 e. The number of amides is 1. The first-order chi connectivity index (χ1) is 17.5. The number of aryl methyl sites for hydroxylation is 1. The van der Waals surface area contributed by atoms with Crippen LogP contribution in [0.3, 0.4) is 0 Å². The molecule has 3 heterocycles. The number of alkyl halides is 2. The van der Waals surface area contributed by atoms with E-state index < -0.39 is 47.3 Å². The van der Waals surface area contributed by atoms with Crippen LogP contribution in [0.15, 0.2) is 24.3 Å². The highest BCUT2D eigenvalue weighted by molar-refractivity contribution is 7.92. The average molecular weight is 537 g/mol. The molecule has 0 atom stereocenters. The van der Waals surface area contributed by atoms with Crippen LogP contribution in [-0.2, 0) is 10.0 Å². The topological polar surface area (TPSA) is 128 Å². The molecule has 0 unspecified atom stereocenters. The summed E-state index contributed by atoms with van der Waals surface area (Å²) in [5, 5.41) is 11.8. The van der Waals surface area contributed by atoms with Crippen molar-refractivity contribution in [1.82, 2.24) is 9.97 Å². The lowest BCUT2D eigenvalue weighted by atomic mass is 9.93. The fraction of sp³-hybridized carbons (Fsp3) is 0.542. The van der Waals surface area contributed by atoms with Crippen molar-refractivity contribution < 1.29 is 27.1 Å². The molecule has 200 valence electrons. The summed E-state index contributed by atoms with van der Waals surface area (Å²) < 4.78 is 53.5. The third-order valence-corrected chi connectivity index (χ3v) is 8.48. The van der Waals surface area contributed by atoms with E-state index in [4.69, 9.17) is 5.11 Å². The van der Waals surface area contributed by atoms with Crippen molar-refractivity contribution in [3.8, 4) is 0 Å². The molecule has 0 bridgehead atoms. The lowest BCUT2D eigenvalue weighted by Crippen LogP contribution is -2.57. The molecule has 0 radical (unpaired) electrons. The summed E-state index contributed by atoms with van der Waals surface area (Å²) in [7, 11) is -3.74. The Hall–Kier alpha value is -3.06. The summed E-state index contributed by atoms with van der Waals surface area (Å²) in [6.07, 6.45) is 4.44. The van der Waals surface area contributed by atoms with Gasteiger partial charge in [0.25, 0.3) is 11.8 Å². The second-order valence-corrected chi connectivity index (χ2v) is 12.1. The molecule has 1 spiro atoms. The fourth-order valence-electron chi connectivity index (χ4n) is 4.89. The molecule has 3 fully saturated rings. The van der Waals surface area contributed by atoms with Gasteiger partial charge >= 0.3 is 0 Å². The minimum atomic E-state index is -3.74. The van der Waals surface area contributed by atoms with E-state index in [-0.39, 0.29) is 11.8 Å². The van der Waals surface area contributed by atoms with Crippen LogP contribution >= 0.6 is 0 Å². The summed E-state index contributed by atoms with van der Waals surface area (Å²) in [5.74, 6) is -3.35. The standard InChI is InChI=1S/C24H30F2N6O4S/c1-16-12-20(29-22(27-16)32-14-24(25,26)15-32)28-21(34)18-3-2-17(30-37(35,36)11-10-33)13-19(18)31-8-6-23(4-5-23)7-9-31/h2-3,12-13,30,33H,4-11,14-15H2,1H3,(H,27,28,29,34). The number of hydrogen-bond donors (Lipinski definition) is 3. The fourth-order valence-corrected chi connectivity index (χ4v) is 5.72. The van der Waals surface area contributed by atoms with Crippen LogP contribution < -0.4 is 19.8 Å². The predicted octanol–water partition coefficient (Wildman–Crippen LogP) is 2.61. The second kappa shape index (κ2) is 9.35. The van der Waals surface area contributed by atoms with Gasteiger partial charge in [0.15, 0.2) is 0 Å². The number of aliphatic hydroxyl groups excluding tert-OH is 1. The Balaban J connectivity index is 1.40. The van der Waals surface area contributed by atoms with E-state index in [1.54, 1.807) is 25.1 Å². The van der Waals surface area contributed by atoms with Crippen LogP contribution in [-0.4, -0.2) is 73.9 Å². The predicted molar refractivity (Wildman–Crippen MR) is 136 cm³/mol. The van der Waals surface area contributed by atoms with E-state index in [0.29, 0.717) is 28.0 Å². The maximum atomic E-state index is 13.4. The molecule has 3 N–H and O–H groups in total. The van der Waals surface area contributed by atoms with Crippen LogP contribution in [0, 0.1) is 12.3 Å². The summed E-state index contributed by atoms with van der Waals surface area (Å²) in [6, 6.07) is 6.24. The van der Waals surface area contributed by atoms with E-state index in [1.165, 1.54) is 23.8 Å². The molecule has 37 heavy (non-hydrogen) atoms. The van der Waals surface area contributed by atoms with E-state index in [2.05, 4.69) is 24.9 Å². The Bertz CT molecular complexity index is 1300. The van der Waals surface area contributed by atoms with Crippen molar-refractivity contribution in [2.24, 2.45) is 5.41 Å². The normalized spacial score (nSPS) is 19.9. The SMILES string of the molecule is Cc1cc(NC(=O)c2ccc(NS(=O)(=O)CCO)cc2N2CCC3(CC2)CC3)nc(N2CC(F)(F)C2)n1. The van der Waals surface area contributed by atoms with Gasteiger partial charge in [-0.2, -0.15) is 4.98 Å². The Kier molecular flexibility index (Phi) is 6.47. The zero-order valence-electron chi connectivity index (χ0n) is 20.5. The zero-order chi connectivity index (χ0) is 26.4. The molecule has 1 amide bonds. The van der Waals surface area contributed by atoms with Crippen molar-refractivity contribution in [3.05, 3.63) is 35.5 Å². The summed E-state index contributed by atoms with van der Waals surface area (Å²) in [5.41, 5.74) is 2.15. The van der Waals surface area contributed by atoms with Gasteiger partial charge in [-0.15, -0.1) is 0 Å². The average Bonchev–Trinajstić information content (AvgIpc) is 3.55. The minimum absolute atomic E-state index is 0.126. The van der Waals surface area contributed by atoms with Crippen LogP contribution in [0.25, 0.3) is 0 Å². The maximum absolute atomic E-state index is 13.4. The molecule has 3 aliphatic rings. The highest BCUT2D eigenvalue weighted by Crippen LogP contribution is 2.54. The Labute approximate surface area is 214 Å². The van der Waals surface area contributed by atoms with Gasteiger partial charge in [0.05, 0.1) is 42.4 Å². The number of piperidine rings is 1. The molecule has 2 aromatic rings. The number of aromatic nitrogens is 2. The molecule has 1 aliphatic carbocycles. The van der Waals surface area contributed by atoms with E-state index in [0.717, 1.165) is 25.9 Å². The number of carbonyl (C=O) groups is 1. The summed E-state index contributed by atoms with van der Waals surface area (Å²) >= 11 is 0. The number of halogens is 2. The van der Waals surface area contributed by atoms with E-state index in [1.807, 2.05) is 0 Å². The van der Waals surface area contributed by atoms with E-state index >= 15 is 0 Å². The molecule has 1 saturated carbocycles. The number of sulfonamides is 1. The van der Waals surface area contributed by atoms with E-state index in [9.17, 15) is 22.0 Å². The molecule has 5 rings (SSSR count). The largest absolute Gasteiger partial charge is 0.395 e.